The average Bonchev–Trinajstić information content (AvgIpc) is 2.74. The molecule has 0 aliphatic carbocycles. The minimum atomic E-state index is -0.287. The summed E-state index contributed by atoms with van der Waals surface area (Å²) in [7, 11) is 0. The molecule has 1 aliphatic heterocycles. The molecule has 2 heterocycles. The van der Waals surface area contributed by atoms with Gasteiger partial charge in [-0.1, -0.05) is 30.3 Å². The van der Waals surface area contributed by atoms with E-state index in [1.54, 1.807) is 17.0 Å². The largest absolute Gasteiger partial charge is 0.467 e. The minimum Gasteiger partial charge on any atom is -0.467 e. The van der Waals surface area contributed by atoms with Crippen molar-refractivity contribution >= 4 is 16.8 Å². The molecule has 4 nitrogen and oxygen atoms in total. The standard InChI is InChI=1S/C19H15FN2O2/c20-16-7-5-13(6-8-16)10-22-11-15-9-14-3-1-2-4-17(14)21-19(15)24-12-18(22)23/h1-9H,10-12H2. The molecule has 0 fully saturated rings. The van der Waals surface area contributed by atoms with E-state index in [-0.39, 0.29) is 18.3 Å². The number of halogens is 1. The molecule has 1 amide bonds. The van der Waals surface area contributed by atoms with E-state index in [1.807, 2.05) is 30.3 Å². The number of fused-ring (bicyclic) bond motifs is 2. The molecular weight excluding hydrogens is 307 g/mol. The summed E-state index contributed by atoms with van der Waals surface area (Å²) in [6.07, 6.45) is 0. The van der Waals surface area contributed by atoms with Gasteiger partial charge in [-0.2, -0.15) is 0 Å². The van der Waals surface area contributed by atoms with Crippen LogP contribution in [0, 0.1) is 5.82 Å². The lowest BCUT2D eigenvalue weighted by molar-refractivity contribution is -0.133. The fourth-order valence-electron chi connectivity index (χ4n) is 2.85. The number of amides is 1. The van der Waals surface area contributed by atoms with E-state index in [1.165, 1.54) is 12.1 Å². The summed E-state index contributed by atoms with van der Waals surface area (Å²) in [4.78, 5) is 18.6. The topological polar surface area (TPSA) is 42.4 Å². The second-order valence-corrected chi connectivity index (χ2v) is 5.81. The zero-order chi connectivity index (χ0) is 16.5. The number of para-hydroxylation sites is 1. The first-order valence-corrected chi connectivity index (χ1v) is 7.73. The Hall–Kier alpha value is -2.95. The van der Waals surface area contributed by atoms with Crippen molar-refractivity contribution in [3.8, 4) is 5.88 Å². The van der Waals surface area contributed by atoms with Crippen LogP contribution >= 0.6 is 0 Å². The summed E-state index contributed by atoms with van der Waals surface area (Å²) < 4.78 is 18.6. The van der Waals surface area contributed by atoms with Crippen molar-refractivity contribution in [2.24, 2.45) is 0 Å². The van der Waals surface area contributed by atoms with Gasteiger partial charge in [0.05, 0.1) is 12.1 Å². The number of benzene rings is 2. The van der Waals surface area contributed by atoms with Crippen molar-refractivity contribution in [1.82, 2.24) is 9.88 Å². The predicted octanol–water partition coefficient (Wildman–Crippen LogP) is 3.30. The minimum absolute atomic E-state index is 0.0421. The SMILES string of the molecule is O=C1COc2nc3ccccc3cc2CN1Cc1ccc(F)cc1. The molecule has 120 valence electrons. The number of aromatic nitrogens is 1. The lowest BCUT2D eigenvalue weighted by Gasteiger charge is -2.20. The molecular formula is C19H15FN2O2. The molecule has 0 N–H and O–H groups in total. The fraction of sp³-hybridized carbons (Fsp3) is 0.158. The summed E-state index contributed by atoms with van der Waals surface area (Å²) in [6.45, 7) is 0.789. The summed E-state index contributed by atoms with van der Waals surface area (Å²) in [6, 6.07) is 16.0. The molecule has 4 rings (SSSR count). The van der Waals surface area contributed by atoms with Crippen LogP contribution in [-0.4, -0.2) is 22.4 Å². The van der Waals surface area contributed by atoms with Gasteiger partial charge in [0.15, 0.2) is 6.61 Å². The van der Waals surface area contributed by atoms with Gasteiger partial charge in [-0.15, -0.1) is 0 Å². The van der Waals surface area contributed by atoms with Gasteiger partial charge in [-0.05, 0) is 29.8 Å². The molecule has 0 saturated heterocycles. The second kappa shape index (κ2) is 5.92. The highest BCUT2D eigenvalue weighted by atomic mass is 19.1. The summed E-state index contributed by atoms with van der Waals surface area (Å²) in [5.74, 6) is 0.107. The second-order valence-electron chi connectivity index (χ2n) is 5.81. The first-order chi connectivity index (χ1) is 11.7. The van der Waals surface area contributed by atoms with Crippen molar-refractivity contribution in [3.05, 3.63) is 71.5 Å². The molecule has 3 aromatic rings. The lowest BCUT2D eigenvalue weighted by Crippen LogP contribution is -2.31. The number of hydrogen-bond acceptors (Lipinski definition) is 3. The van der Waals surface area contributed by atoms with Gasteiger partial charge in [-0.25, -0.2) is 9.37 Å². The lowest BCUT2D eigenvalue weighted by atomic mass is 10.1. The molecule has 0 unspecified atom stereocenters. The maximum Gasteiger partial charge on any atom is 0.261 e. The smallest absolute Gasteiger partial charge is 0.261 e. The quantitative estimate of drug-likeness (QED) is 0.727. The van der Waals surface area contributed by atoms with Gasteiger partial charge in [0.1, 0.15) is 5.82 Å². The Balaban J connectivity index is 1.66. The zero-order valence-corrected chi connectivity index (χ0v) is 12.9. The number of rotatable bonds is 2. The van der Waals surface area contributed by atoms with Gasteiger partial charge in [-0.3, -0.25) is 4.79 Å². The van der Waals surface area contributed by atoms with Crippen LogP contribution in [0.2, 0.25) is 0 Å². The summed E-state index contributed by atoms with van der Waals surface area (Å²) in [5.41, 5.74) is 2.60. The van der Waals surface area contributed by atoms with Crippen molar-refractivity contribution in [2.45, 2.75) is 13.1 Å². The van der Waals surface area contributed by atoms with Crippen LogP contribution in [0.3, 0.4) is 0 Å². The number of ether oxygens (including phenoxy) is 1. The van der Waals surface area contributed by atoms with Crippen molar-refractivity contribution < 1.29 is 13.9 Å². The summed E-state index contributed by atoms with van der Waals surface area (Å²) in [5, 5.41) is 1.01. The van der Waals surface area contributed by atoms with E-state index in [4.69, 9.17) is 4.74 Å². The van der Waals surface area contributed by atoms with Crippen LogP contribution in [0.5, 0.6) is 5.88 Å². The third-order valence-electron chi connectivity index (χ3n) is 4.10. The Morgan fingerprint density at radius 2 is 1.92 bits per heavy atom. The van der Waals surface area contributed by atoms with Crippen molar-refractivity contribution in [2.75, 3.05) is 6.61 Å². The first-order valence-electron chi connectivity index (χ1n) is 7.73. The number of nitrogens with zero attached hydrogens (tertiary/aromatic N) is 2. The van der Waals surface area contributed by atoms with Gasteiger partial charge < -0.3 is 9.64 Å². The third kappa shape index (κ3) is 2.80. The number of carbonyl (C=O) groups is 1. The average molecular weight is 322 g/mol. The molecule has 1 aliphatic rings. The van der Waals surface area contributed by atoms with E-state index < -0.39 is 0 Å². The van der Waals surface area contributed by atoms with Crippen LogP contribution in [0.1, 0.15) is 11.1 Å². The molecule has 5 heteroatoms. The normalized spacial score (nSPS) is 14.2. The maximum atomic E-state index is 13.0. The Morgan fingerprint density at radius 3 is 2.75 bits per heavy atom. The molecule has 0 spiro atoms. The molecule has 0 bridgehead atoms. The molecule has 0 atom stereocenters. The van der Waals surface area contributed by atoms with E-state index >= 15 is 0 Å². The van der Waals surface area contributed by atoms with Gasteiger partial charge in [0.25, 0.3) is 5.91 Å². The van der Waals surface area contributed by atoms with E-state index in [2.05, 4.69) is 4.98 Å². The van der Waals surface area contributed by atoms with E-state index in [0.717, 1.165) is 22.0 Å². The molecule has 1 aromatic heterocycles. The summed E-state index contributed by atoms with van der Waals surface area (Å²) >= 11 is 0. The number of hydrogen-bond donors (Lipinski definition) is 0. The molecule has 0 saturated carbocycles. The van der Waals surface area contributed by atoms with Crippen LogP contribution in [0.4, 0.5) is 4.39 Å². The molecule has 2 aromatic carbocycles. The fourth-order valence-corrected chi connectivity index (χ4v) is 2.85. The Bertz CT molecular complexity index is 909. The van der Waals surface area contributed by atoms with Gasteiger partial charge in [0.2, 0.25) is 5.88 Å². The van der Waals surface area contributed by atoms with Gasteiger partial charge >= 0.3 is 0 Å². The highest BCUT2D eigenvalue weighted by Crippen LogP contribution is 2.26. The van der Waals surface area contributed by atoms with Gasteiger partial charge in [0, 0.05) is 17.5 Å². The molecule has 0 radical (unpaired) electrons. The van der Waals surface area contributed by atoms with Crippen molar-refractivity contribution in [1.29, 1.82) is 0 Å². The Morgan fingerprint density at radius 1 is 1.12 bits per heavy atom. The predicted molar refractivity (Wildman–Crippen MR) is 87.9 cm³/mol. The van der Waals surface area contributed by atoms with Crippen molar-refractivity contribution in [3.63, 3.8) is 0 Å². The maximum absolute atomic E-state index is 13.0. The highest BCUT2D eigenvalue weighted by molar-refractivity contribution is 5.82. The number of pyridine rings is 1. The highest BCUT2D eigenvalue weighted by Gasteiger charge is 2.23. The van der Waals surface area contributed by atoms with E-state index in [9.17, 15) is 9.18 Å². The number of carbonyl (C=O) groups excluding carboxylic acids is 1. The Kier molecular flexibility index (Phi) is 3.61. The zero-order valence-electron chi connectivity index (χ0n) is 12.9. The van der Waals surface area contributed by atoms with Crippen LogP contribution in [0.25, 0.3) is 10.9 Å². The first kappa shape index (κ1) is 14.6. The molecule has 24 heavy (non-hydrogen) atoms. The monoisotopic (exact) mass is 322 g/mol. The van der Waals surface area contributed by atoms with Crippen LogP contribution < -0.4 is 4.74 Å². The third-order valence-corrected chi connectivity index (χ3v) is 4.10. The van der Waals surface area contributed by atoms with E-state index in [0.29, 0.717) is 19.0 Å². The Labute approximate surface area is 138 Å². The van der Waals surface area contributed by atoms with Crippen LogP contribution in [-0.2, 0) is 17.9 Å². The van der Waals surface area contributed by atoms with Crippen LogP contribution in [0.15, 0.2) is 54.6 Å².